The molecule has 6 heteroatoms. The van der Waals surface area contributed by atoms with Crippen LogP contribution in [0.4, 0.5) is 0 Å². The summed E-state index contributed by atoms with van der Waals surface area (Å²) in [6.07, 6.45) is 5.09. The van der Waals surface area contributed by atoms with E-state index in [1.165, 1.54) is 6.21 Å². The molecule has 0 saturated heterocycles. The van der Waals surface area contributed by atoms with Crippen molar-refractivity contribution in [3.05, 3.63) is 70.2 Å². The number of rotatable bonds is 6. The monoisotopic (exact) mass is 348 g/mol. The second-order valence-electron chi connectivity index (χ2n) is 4.45. The molecular weight excluding hydrogens is 335 g/mol. The van der Waals surface area contributed by atoms with Crippen molar-refractivity contribution in [3.8, 4) is 5.75 Å². The SMILES string of the molecule is O=C(COc1ccc(Cl)cc1Cl)NN=CC=Cc1ccccc1. The van der Waals surface area contributed by atoms with Crippen LogP contribution in [0.3, 0.4) is 0 Å². The lowest BCUT2D eigenvalue weighted by molar-refractivity contribution is -0.123. The molecule has 23 heavy (non-hydrogen) atoms. The summed E-state index contributed by atoms with van der Waals surface area (Å²) in [6.45, 7) is -0.193. The molecule has 0 radical (unpaired) electrons. The number of benzene rings is 2. The Morgan fingerprint density at radius 1 is 1.17 bits per heavy atom. The third-order valence-corrected chi connectivity index (χ3v) is 3.22. The van der Waals surface area contributed by atoms with Crippen LogP contribution in [0.1, 0.15) is 5.56 Å². The third kappa shape index (κ3) is 6.14. The molecule has 2 rings (SSSR count). The maximum Gasteiger partial charge on any atom is 0.277 e. The molecule has 118 valence electrons. The minimum atomic E-state index is -0.389. The van der Waals surface area contributed by atoms with E-state index < -0.39 is 0 Å². The van der Waals surface area contributed by atoms with E-state index in [1.54, 1.807) is 24.3 Å². The molecular formula is C17H14Cl2N2O2. The van der Waals surface area contributed by atoms with Gasteiger partial charge in [-0.3, -0.25) is 4.79 Å². The summed E-state index contributed by atoms with van der Waals surface area (Å²) in [5, 5.41) is 4.64. The molecule has 0 fully saturated rings. The normalized spacial score (nSPS) is 11.0. The summed E-state index contributed by atoms with van der Waals surface area (Å²) in [6, 6.07) is 14.5. The van der Waals surface area contributed by atoms with Gasteiger partial charge in [-0.2, -0.15) is 5.10 Å². The van der Waals surface area contributed by atoms with E-state index in [1.807, 2.05) is 36.4 Å². The summed E-state index contributed by atoms with van der Waals surface area (Å²) in [5.74, 6) is -0.000419. The average molecular weight is 349 g/mol. The van der Waals surface area contributed by atoms with Gasteiger partial charge in [0.2, 0.25) is 0 Å². The number of nitrogens with one attached hydrogen (secondary N) is 1. The standard InChI is InChI=1S/C17H14Cl2N2O2/c18-14-8-9-16(15(19)11-14)23-12-17(22)21-20-10-4-7-13-5-2-1-3-6-13/h1-11H,12H2,(H,21,22). The summed E-state index contributed by atoms with van der Waals surface area (Å²) >= 11 is 11.7. The van der Waals surface area contributed by atoms with Crippen LogP contribution >= 0.6 is 23.2 Å². The molecule has 4 nitrogen and oxygen atoms in total. The number of carbonyl (C=O) groups excluding carboxylic acids is 1. The van der Waals surface area contributed by atoms with Crippen LogP contribution in [0.2, 0.25) is 10.0 Å². The van der Waals surface area contributed by atoms with Gasteiger partial charge in [-0.25, -0.2) is 5.43 Å². The van der Waals surface area contributed by atoms with Crippen LogP contribution in [0.25, 0.3) is 6.08 Å². The topological polar surface area (TPSA) is 50.7 Å². The maximum atomic E-state index is 11.6. The minimum absolute atomic E-state index is 0.193. The van der Waals surface area contributed by atoms with Gasteiger partial charge in [0.15, 0.2) is 6.61 Å². The Hall–Kier alpha value is -2.30. The largest absolute Gasteiger partial charge is 0.482 e. The number of carbonyl (C=O) groups is 1. The quantitative estimate of drug-likeness (QED) is 0.628. The highest BCUT2D eigenvalue weighted by Crippen LogP contribution is 2.27. The fourth-order valence-corrected chi connectivity index (χ4v) is 2.10. The molecule has 1 N–H and O–H groups in total. The van der Waals surface area contributed by atoms with E-state index in [-0.39, 0.29) is 12.5 Å². The molecule has 0 heterocycles. The van der Waals surface area contributed by atoms with Gasteiger partial charge < -0.3 is 4.74 Å². The van der Waals surface area contributed by atoms with Gasteiger partial charge in [0.25, 0.3) is 5.91 Å². The molecule has 0 aromatic heterocycles. The summed E-state index contributed by atoms with van der Waals surface area (Å²) in [4.78, 5) is 11.6. The van der Waals surface area contributed by atoms with Crippen molar-refractivity contribution in [3.63, 3.8) is 0 Å². The van der Waals surface area contributed by atoms with Gasteiger partial charge in [-0.1, -0.05) is 59.6 Å². The Balaban J connectivity index is 1.74. The second kappa shape index (κ2) is 8.98. The summed E-state index contributed by atoms with van der Waals surface area (Å²) < 4.78 is 5.29. The van der Waals surface area contributed by atoms with Crippen LogP contribution in [0, 0.1) is 0 Å². The lowest BCUT2D eigenvalue weighted by Crippen LogP contribution is -2.24. The number of amides is 1. The smallest absolute Gasteiger partial charge is 0.277 e. The van der Waals surface area contributed by atoms with Crippen LogP contribution < -0.4 is 10.2 Å². The first-order valence-corrected chi connectivity index (χ1v) is 7.52. The van der Waals surface area contributed by atoms with Gasteiger partial charge >= 0.3 is 0 Å². The number of hydrogen-bond acceptors (Lipinski definition) is 3. The second-order valence-corrected chi connectivity index (χ2v) is 5.29. The first-order chi connectivity index (χ1) is 11.1. The predicted octanol–water partition coefficient (Wildman–Crippen LogP) is 4.19. The third-order valence-electron chi connectivity index (χ3n) is 2.69. The van der Waals surface area contributed by atoms with Crippen molar-refractivity contribution in [2.45, 2.75) is 0 Å². The first kappa shape index (κ1) is 17.1. The molecule has 0 atom stereocenters. The maximum absolute atomic E-state index is 11.6. The van der Waals surface area contributed by atoms with Crippen molar-refractivity contribution in [1.29, 1.82) is 0 Å². The molecule has 1 amide bonds. The van der Waals surface area contributed by atoms with E-state index >= 15 is 0 Å². The van der Waals surface area contributed by atoms with Crippen LogP contribution in [-0.4, -0.2) is 18.7 Å². The van der Waals surface area contributed by atoms with Gasteiger partial charge in [-0.15, -0.1) is 0 Å². The highest BCUT2D eigenvalue weighted by molar-refractivity contribution is 6.35. The zero-order valence-corrected chi connectivity index (χ0v) is 13.6. The van der Waals surface area contributed by atoms with Gasteiger partial charge in [0.05, 0.1) is 5.02 Å². The Morgan fingerprint density at radius 2 is 1.96 bits per heavy atom. The molecule has 0 saturated carbocycles. The van der Waals surface area contributed by atoms with Crippen molar-refractivity contribution in [2.75, 3.05) is 6.61 Å². The van der Waals surface area contributed by atoms with Crippen LogP contribution in [0.15, 0.2) is 59.7 Å². The highest BCUT2D eigenvalue weighted by atomic mass is 35.5. The molecule has 0 aliphatic heterocycles. The molecule has 2 aromatic rings. The zero-order chi connectivity index (χ0) is 16.5. The molecule has 0 unspecified atom stereocenters. The molecule has 0 spiro atoms. The lowest BCUT2D eigenvalue weighted by atomic mass is 10.2. The predicted molar refractivity (Wildman–Crippen MR) is 94.1 cm³/mol. The Morgan fingerprint density at radius 3 is 2.70 bits per heavy atom. The van der Waals surface area contributed by atoms with Crippen molar-refractivity contribution >= 4 is 41.4 Å². The summed E-state index contributed by atoms with van der Waals surface area (Å²) in [5.41, 5.74) is 3.40. The van der Waals surface area contributed by atoms with E-state index in [9.17, 15) is 4.79 Å². The molecule has 0 aliphatic rings. The first-order valence-electron chi connectivity index (χ1n) is 6.76. The van der Waals surface area contributed by atoms with Crippen molar-refractivity contribution in [2.24, 2.45) is 5.10 Å². The molecule has 0 bridgehead atoms. The van der Waals surface area contributed by atoms with Crippen molar-refractivity contribution in [1.82, 2.24) is 5.43 Å². The molecule has 2 aromatic carbocycles. The number of nitrogens with zero attached hydrogens (tertiary/aromatic N) is 1. The fourth-order valence-electron chi connectivity index (χ4n) is 1.64. The number of allylic oxidation sites excluding steroid dienone is 1. The van der Waals surface area contributed by atoms with Crippen molar-refractivity contribution < 1.29 is 9.53 Å². The highest BCUT2D eigenvalue weighted by Gasteiger charge is 2.05. The van der Waals surface area contributed by atoms with E-state index in [0.717, 1.165) is 5.56 Å². The van der Waals surface area contributed by atoms with Gasteiger partial charge in [-0.05, 0) is 29.8 Å². The summed E-state index contributed by atoms with van der Waals surface area (Å²) in [7, 11) is 0. The average Bonchev–Trinajstić information content (AvgIpc) is 2.54. The van der Waals surface area contributed by atoms with Crippen LogP contribution in [-0.2, 0) is 4.79 Å². The van der Waals surface area contributed by atoms with E-state index in [4.69, 9.17) is 27.9 Å². The number of hydrogen-bond donors (Lipinski definition) is 1. The Bertz CT molecular complexity index is 716. The zero-order valence-electron chi connectivity index (χ0n) is 12.1. The van der Waals surface area contributed by atoms with E-state index in [0.29, 0.717) is 15.8 Å². The minimum Gasteiger partial charge on any atom is -0.482 e. The van der Waals surface area contributed by atoms with Gasteiger partial charge in [0, 0.05) is 11.2 Å². The fraction of sp³-hybridized carbons (Fsp3) is 0.0588. The van der Waals surface area contributed by atoms with Crippen LogP contribution in [0.5, 0.6) is 5.75 Å². The number of ether oxygens (including phenoxy) is 1. The van der Waals surface area contributed by atoms with Gasteiger partial charge in [0.1, 0.15) is 5.75 Å². The number of halogens is 2. The Labute approximate surface area is 144 Å². The Kier molecular flexibility index (Phi) is 6.66. The number of hydrazone groups is 1. The van der Waals surface area contributed by atoms with E-state index in [2.05, 4.69) is 10.5 Å². The molecule has 0 aliphatic carbocycles. The lowest BCUT2D eigenvalue weighted by Gasteiger charge is -2.06.